The van der Waals surface area contributed by atoms with E-state index in [4.69, 9.17) is 0 Å². The van der Waals surface area contributed by atoms with Crippen LogP contribution in [0, 0.1) is 0 Å². The van der Waals surface area contributed by atoms with Crippen LogP contribution in [-0.2, 0) is 16.0 Å². The number of benzene rings is 2. The van der Waals surface area contributed by atoms with Gasteiger partial charge in [-0.3, -0.25) is 9.59 Å². The average molecular weight is 388 g/mol. The Kier molecular flexibility index (Phi) is 7.17. The quantitative estimate of drug-likeness (QED) is 0.435. The predicted molar refractivity (Wildman–Crippen MR) is 97.7 cm³/mol. The maximum atomic E-state index is 11.7. The van der Waals surface area contributed by atoms with Crippen molar-refractivity contribution < 1.29 is 9.59 Å². The fourth-order valence-corrected chi connectivity index (χ4v) is 2.42. The molecule has 0 aliphatic heterocycles. The number of nitrogens with zero attached hydrogens (tertiary/aromatic N) is 1. The van der Waals surface area contributed by atoms with E-state index in [1.807, 2.05) is 54.6 Å². The zero-order chi connectivity index (χ0) is 17.2. The van der Waals surface area contributed by atoms with Gasteiger partial charge in [-0.05, 0) is 29.7 Å². The van der Waals surface area contributed by atoms with E-state index in [2.05, 4.69) is 31.8 Å². The number of hydrazone groups is 1. The number of nitrogens with one attached hydrogen (secondary N) is 2. The molecule has 0 saturated heterocycles. The maximum Gasteiger partial charge on any atom is 0.249 e. The Morgan fingerprint density at radius 3 is 2.58 bits per heavy atom. The lowest BCUT2D eigenvalue weighted by atomic mass is 10.1. The smallest absolute Gasteiger partial charge is 0.249 e. The predicted octanol–water partition coefficient (Wildman–Crippen LogP) is 2.65. The van der Waals surface area contributed by atoms with E-state index in [0.29, 0.717) is 6.54 Å². The van der Waals surface area contributed by atoms with Gasteiger partial charge in [0.15, 0.2) is 0 Å². The van der Waals surface area contributed by atoms with Crippen LogP contribution in [-0.4, -0.2) is 24.6 Å². The van der Waals surface area contributed by atoms with Gasteiger partial charge in [0.05, 0.1) is 6.21 Å². The Bertz CT molecular complexity index is 717. The Hall–Kier alpha value is -2.47. The van der Waals surface area contributed by atoms with E-state index < -0.39 is 5.91 Å². The third kappa shape index (κ3) is 6.75. The lowest BCUT2D eigenvalue weighted by Crippen LogP contribution is -2.31. The number of rotatable bonds is 7. The largest absolute Gasteiger partial charge is 0.355 e. The minimum absolute atomic E-state index is 0.245. The first kappa shape index (κ1) is 17.9. The summed E-state index contributed by atoms with van der Waals surface area (Å²) in [6, 6.07) is 17.3. The van der Waals surface area contributed by atoms with Crippen LogP contribution in [0.15, 0.2) is 64.2 Å². The van der Waals surface area contributed by atoms with E-state index in [0.717, 1.165) is 22.0 Å². The highest BCUT2D eigenvalue weighted by Crippen LogP contribution is 2.09. The third-order valence-electron chi connectivity index (χ3n) is 3.15. The molecular weight excluding hydrogens is 370 g/mol. The molecule has 0 aromatic heterocycles. The Labute approximate surface area is 149 Å². The summed E-state index contributed by atoms with van der Waals surface area (Å²) in [6.07, 6.45) is 2.01. The van der Waals surface area contributed by atoms with E-state index in [-0.39, 0.29) is 12.3 Å². The first-order chi connectivity index (χ1) is 11.6. The molecule has 6 heteroatoms. The minimum Gasteiger partial charge on any atom is -0.355 e. The molecular formula is C18H18BrN3O2. The number of carbonyl (C=O) groups excluding carboxylic acids is 2. The fraction of sp³-hybridized carbons (Fsp3) is 0.167. The van der Waals surface area contributed by atoms with Crippen molar-refractivity contribution in [3.05, 3.63) is 70.2 Å². The van der Waals surface area contributed by atoms with Crippen molar-refractivity contribution in [1.82, 2.24) is 10.7 Å². The van der Waals surface area contributed by atoms with Gasteiger partial charge in [-0.25, -0.2) is 5.43 Å². The molecule has 2 aromatic carbocycles. The third-order valence-corrected chi connectivity index (χ3v) is 3.64. The molecule has 0 unspecified atom stereocenters. The second kappa shape index (κ2) is 9.62. The van der Waals surface area contributed by atoms with E-state index >= 15 is 0 Å². The molecule has 2 aromatic rings. The highest BCUT2D eigenvalue weighted by molar-refractivity contribution is 9.10. The second-order valence-electron chi connectivity index (χ2n) is 5.11. The lowest BCUT2D eigenvalue weighted by molar-refractivity contribution is -0.129. The van der Waals surface area contributed by atoms with Gasteiger partial charge in [0.1, 0.15) is 6.42 Å². The van der Waals surface area contributed by atoms with Crippen LogP contribution in [0.2, 0.25) is 0 Å². The maximum absolute atomic E-state index is 11.7. The SMILES string of the molecule is O=C(CC(=O)NN=Cc1cccc(Br)c1)NCCc1ccccc1. The molecule has 5 nitrogen and oxygen atoms in total. The normalized spacial score (nSPS) is 10.5. The van der Waals surface area contributed by atoms with Gasteiger partial charge < -0.3 is 5.32 Å². The van der Waals surface area contributed by atoms with Crippen LogP contribution in [0.3, 0.4) is 0 Å². The Morgan fingerprint density at radius 1 is 1.04 bits per heavy atom. The first-order valence-electron chi connectivity index (χ1n) is 7.51. The molecule has 0 aliphatic rings. The molecule has 2 rings (SSSR count). The van der Waals surface area contributed by atoms with Gasteiger partial charge in [0, 0.05) is 11.0 Å². The summed E-state index contributed by atoms with van der Waals surface area (Å²) < 4.78 is 0.926. The number of halogens is 1. The van der Waals surface area contributed by atoms with Crippen molar-refractivity contribution in [3.8, 4) is 0 Å². The summed E-state index contributed by atoms with van der Waals surface area (Å²) in [6.45, 7) is 0.497. The summed E-state index contributed by atoms with van der Waals surface area (Å²) in [4.78, 5) is 23.3. The van der Waals surface area contributed by atoms with Gasteiger partial charge in [-0.15, -0.1) is 0 Å². The zero-order valence-electron chi connectivity index (χ0n) is 13.0. The van der Waals surface area contributed by atoms with Crippen molar-refractivity contribution in [3.63, 3.8) is 0 Å². The van der Waals surface area contributed by atoms with E-state index in [1.54, 1.807) is 0 Å². The Balaban J connectivity index is 1.67. The molecule has 0 bridgehead atoms. The summed E-state index contributed by atoms with van der Waals surface area (Å²) >= 11 is 3.35. The monoisotopic (exact) mass is 387 g/mol. The van der Waals surface area contributed by atoms with Gasteiger partial charge in [0.25, 0.3) is 0 Å². The number of hydrogen-bond acceptors (Lipinski definition) is 3. The summed E-state index contributed by atoms with van der Waals surface area (Å²) in [5.74, 6) is -0.764. The lowest BCUT2D eigenvalue weighted by Gasteiger charge is -2.04. The number of hydrogen-bond donors (Lipinski definition) is 2. The molecule has 2 amide bonds. The summed E-state index contributed by atoms with van der Waals surface area (Å²) in [5.41, 5.74) is 4.33. The standard InChI is InChI=1S/C18H18BrN3O2/c19-16-8-4-7-15(11-16)13-21-22-18(24)12-17(23)20-10-9-14-5-2-1-3-6-14/h1-8,11,13H,9-10,12H2,(H,20,23)(H,22,24). The molecule has 0 fully saturated rings. The zero-order valence-corrected chi connectivity index (χ0v) is 14.6. The molecule has 124 valence electrons. The van der Waals surface area contributed by atoms with Crippen LogP contribution in [0.25, 0.3) is 0 Å². The van der Waals surface area contributed by atoms with Crippen molar-refractivity contribution in [1.29, 1.82) is 0 Å². The molecule has 0 aliphatic carbocycles. The number of carbonyl (C=O) groups is 2. The van der Waals surface area contributed by atoms with Crippen LogP contribution in [0.4, 0.5) is 0 Å². The van der Waals surface area contributed by atoms with Crippen LogP contribution < -0.4 is 10.7 Å². The average Bonchev–Trinajstić information content (AvgIpc) is 2.56. The topological polar surface area (TPSA) is 70.6 Å². The van der Waals surface area contributed by atoms with Crippen molar-refractivity contribution >= 4 is 34.0 Å². The van der Waals surface area contributed by atoms with E-state index in [1.165, 1.54) is 6.21 Å². The highest BCUT2D eigenvalue weighted by atomic mass is 79.9. The fourth-order valence-electron chi connectivity index (χ4n) is 2.00. The summed E-state index contributed by atoms with van der Waals surface area (Å²) in [7, 11) is 0. The summed E-state index contributed by atoms with van der Waals surface area (Å²) in [5, 5.41) is 6.56. The molecule has 0 atom stereocenters. The number of amides is 2. The van der Waals surface area contributed by atoms with E-state index in [9.17, 15) is 9.59 Å². The molecule has 0 heterocycles. The minimum atomic E-state index is -0.446. The second-order valence-corrected chi connectivity index (χ2v) is 6.03. The van der Waals surface area contributed by atoms with Gasteiger partial charge in [0.2, 0.25) is 11.8 Å². The van der Waals surface area contributed by atoms with Crippen LogP contribution in [0.1, 0.15) is 17.5 Å². The van der Waals surface area contributed by atoms with Crippen molar-refractivity contribution in [2.24, 2.45) is 5.10 Å². The molecule has 0 saturated carbocycles. The molecule has 0 spiro atoms. The van der Waals surface area contributed by atoms with Gasteiger partial charge in [-0.2, -0.15) is 5.10 Å². The molecule has 24 heavy (non-hydrogen) atoms. The Morgan fingerprint density at radius 2 is 1.83 bits per heavy atom. The first-order valence-corrected chi connectivity index (χ1v) is 8.31. The van der Waals surface area contributed by atoms with Crippen molar-refractivity contribution in [2.75, 3.05) is 6.54 Å². The van der Waals surface area contributed by atoms with Crippen LogP contribution >= 0.6 is 15.9 Å². The highest BCUT2D eigenvalue weighted by Gasteiger charge is 2.07. The molecule has 0 radical (unpaired) electrons. The van der Waals surface area contributed by atoms with Gasteiger partial charge in [-0.1, -0.05) is 58.4 Å². The molecule has 2 N–H and O–H groups in total. The van der Waals surface area contributed by atoms with Gasteiger partial charge >= 0.3 is 0 Å². The van der Waals surface area contributed by atoms with Crippen LogP contribution in [0.5, 0.6) is 0 Å². The van der Waals surface area contributed by atoms with Crippen molar-refractivity contribution in [2.45, 2.75) is 12.8 Å².